The van der Waals surface area contributed by atoms with Crippen LogP contribution in [0.1, 0.15) is 27.9 Å². The van der Waals surface area contributed by atoms with Crippen molar-refractivity contribution >= 4 is 11.5 Å². The maximum absolute atomic E-state index is 11.3. The van der Waals surface area contributed by atoms with Crippen molar-refractivity contribution in [2.45, 2.75) is 19.8 Å². The topological polar surface area (TPSA) is 43.1 Å². The molecule has 0 unspecified atom stereocenters. The summed E-state index contributed by atoms with van der Waals surface area (Å²) in [5.74, 6) is 0.197. The van der Waals surface area contributed by atoms with E-state index in [2.05, 4.69) is 6.07 Å². The highest BCUT2D eigenvalue weighted by Crippen LogP contribution is 2.28. The van der Waals surface area contributed by atoms with Crippen LogP contribution in [0, 0.1) is 6.92 Å². The standard InChI is InChI=1S/C10H11NO/c1-6-4-7-2-3-9(12)10(7)8(11)5-6/h4-5H,2-3,11H2,1H3. The first-order valence-electron chi connectivity index (χ1n) is 4.10. The Kier molecular flexibility index (Phi) is 1.43. The first kappa shape index (κ1) is 7.35. The fourth-order valence-electron chi connectivity index (χ4n) is 1.80. The van der Waals surface area contributed by atoms with Gasteiger partial charge in [0.25, 0.3) is 0 Å². The summed E-state index contributed by atoms with van der Waals surface area (Å²) < 4.78 is 0. The summed E-state index contributed by atoms with van der Waals surface area (Å²) in [5.41, 5.74) is 9.42. The van der Waals surface area contributed by atoms with Gasteiger partial charge in [-0.05, 0) is 30.5 Å². The summed E-state index contributed by atoms with van der Waals surface area (Å²) in [6.45, 7) is 2.00. The van der Waals surface area contributed by atoms with Crippen molar-refractivity contribution in [3.05, 3.63) is 28.8 Å². The Morgan fingerprint density at radius 1 is 1.33 bits per heavy atom. The predicted molar refractivity (Wildman–Crippen MR) is 48.2 cm³/mol. The Morgan fingerprint density at radius 2 is 2.08 bits per heavy atom. The lowest BCUT2D eigenvalue weighted by Gasteiger charge is -2.03. The van der Waals surface area contributed by atoms with E-state index in [1.165, 1.54) is 0 Å². The van der Waals surface area contributed by atoms with Gasteiger partial charge in [-0.2, -0.15) is 0 Å². The van der Waals surface area contributed by atoms with Gasteiger partial charge >= 0.3 is 0 Å². The highest BCUT2D eigenvalue weighted by atomic mass is 16.1. The Hall–Kier alpha value is -1.31. The third kappa shape index (κ3) is 0.916. The molecule has 12 heavy (non-hydrogen) atoms. The number of rotatable bonds is 0. The predicted octanol–water partition coefficient (Wildman–Crippen LogP) is 1.71. The fraction of sp³-hybridized carbons (Fsp3) is 0.300. The van der Waals surface area contributed by atoms with Gasteiger partial charge in [0.2, 0.25) is 0 Å². The molecule has 0 heterocycles. The summed E-state index contributed by atoms with van der Waals surface area (Å²) in [6, 6.07) is 3.92. The van der Waals surface area contributed by atoms with Gasteiger partial charge in [-0.25, -0.2) is 0 Å². The molecule has 1 aromatic rings. The van der Waals surface area contributed by atoms with Crippen molar-refractivity contribution in [3.63, 3.8) is 0 Å². The Labute approximate surface area is 71.4 Å². The average Bonchev–Trinajstić information content (AvgIpc) is 2.31. The molecule has 2 nitrogen and oxygen atoms in total. The average molecular weight is 161 g/mol. The van der Waals surface area contributed by atoms with Gasteiger partial charge in [0.05, 0.1) is 0 Å². The van der Waals surface area contributed by atoms with E-state index in [0.29, 0.717) is 12.1 Å². The quantitative estimate of drug-likeness (QED) is 0.588. The summed E-state index contributed by atoms with van der Waals surface area (Å²) in [6.07, 6.45) is 1.49. The number of benzene rings is 1. The van der Waals surface area contributed by atoms with E-state index >= 15 is 0 Å². The second kappa shape index (κ2) is 2.34. The van der Waals surface area contributed by atoms with Crippen molar-refractivity contribution in [3.8, 4) is 0 Å². The molecule has 0 fully saturated rings. The molecule has 0 radical (unpaired) electrons. The molecule has 0 aliphatic heterocycles. The largest absolute Gasteiger partial charge is 0.398 e. The molecular formula is C10H11NO. The molecule has 2 rings (SSSR count). The minimum Gasteiger partial charge on any atom is -0.398 e. The number of hydrogen-bond acceptors (Lipinski definition) is 2. The molecule has 1 aliphatic carbocycles. The van der Waals surface area contributed by atoms with Crippen molar-refractivity contribution in [2.24, 2.45) is 0 Å². The number of hydrogen-bond donors (Lipinski definition) is 1. The van der Waals surface area contributed by atoms with Gasteiger partial charge in [0.15, 0.2) is 5.78 Å². The van der Waals surface area contributed by atoms with Crippen LogP contribution < -0.4 is 5.73 Å². The molecule has 62 valence electrons. The smallest absolute Gasteiger partial charge is 0.165 e. The van der Waals surface area contributed by atoms with Gasteiger partial charge in [0.1, 0.15) is 0 Å². The van der Waals surface area contributed by atoms with Gasteiger partial charge < -0.3 is 5.73 Å². The van der Waals surface area contributed by atoms with Gasteiger partial charge in [-0.15, -0.1) is 0 Å². The molecule has 2 heteroatoms. The second-order valence-corrected chi connectivity index (χ2v) is 3.31. The van der Waals surface area contributed by atoms with Crippen LogP contribution in [0.5, 0.6) is 0 Å². The Balaban J connectivity index is 2.68. The second-order valence-electron chi connectivity index (χ2n) is 3.31. The van der Waals surface area contributed by atoms with E-state index in [1.807, 2.05) is 13.0 Å². The number of Topliss-reactive ketones (excluding diaryl/α,β-unsaturated/α-hetero) is 1. The lowest BCUT2D eigenvalue weighted by molar-refractivity contribution is 0.0995. The van der Waals surface area contributed by atoms with Crippen molar-refractivity contribution < 1.29 is 4.79 Å². The lowest BCUT2D eigenvalue weighted by atomic mass is 10.0. The van der Waals surface area contributed by atoms with E-state index < -0.39 is 0 Å². The summed E-state index contributed by atoms with van der Waals surface area (Å²) in [7, 11) is 0. The van der Waals surface area contributed by atoms with E-state index in [-0.39, 0.29) is 5.78 Å². The third-order valence-electron chi connectivity index (χ3n) is 2.30. The third-order valence-corrected chi connectivity index (χ3v) is 2.30. The zero-order chi connectivity index (χ0) is 8.72. The number of fused-ring (bicyclic) bond motifs is 1. The van der Waals surface area contributed by atoms with Crippen molar-refractivity contribution in [2.75, 3.05) is 5.73 Å². The number of carbonyl (C=O) groups is 1. The minimum atomic E-state index is 0.197. The molecule has 0 spiro atoms. The molecule has 1 aromatic carbocycles. The summed E-state index contributed by atoms with van der Waals surface area (Å²) in [4.78, 5) is 11.3. The zero-order valence-corrected chi connectivity index (χ0v) is 7.05. The van der Waals surface area contributed by atoms with Crippen LogP contribution in [0.2, 0.25) is 0 Å². The normalized spacial score (nSPS) is 14.9. The molecular weight excluding hydrogens is 150 g/mol. The molecule has 0 bridgehead atoms. The van der Waals surface area contributed by atoms with Crippen molar-refractivity contribution in [1.29, 1.82) is 0 Å². The number of nitrogens with two attached hydrogens (primary N) is 1. The number of carbonyl (C=O) groups excluding carboxylic acids is 1. The Bertz CT molecular complexity index is 355. The van der Waals surface area contributed by atoms with E-state index in [1.54, 1.807) is 0 Å². The number of anilines is 1. The van der Waals surface area contributed by atoms with Crippen LogP contribution in [-0.2, 0) is 6.42 Å². The van der Waals surface area contributed by atoms with E-state index in [0.717, 1.165) is 23.1 Å². The first-order valence-corrected chi connectivity index (χ1v) is 4.10. The van der Waals surface area contributed by atoms with E-state index in [9.17, 15) is 4.79 Å². The van der Waals surface area contributed by atoms with Crippen molar-refractivity contribution in [1.82, 2.24) is 0 Å². The van der Waals surface area contributed by atoms with Gasteiger partial charge in [-0.3, -0.25) is 4.79 Å². The van der Waals surface area contributed by atoms with Crippen LogP contribution in [0.3, 0.4) is 0 Å². The van der Waals surface area contributed by atoms with Crippen LogP contribution in [-0.4, -0.2) is 5.78 Å². The highest BCUT2D eigenvalue weighted by molar-refractivity contribution is 6.04. The van der Waals surface area contributed by atoms with Crippen LogP contribution in [0.4, 0.5) is 5.69 Å². The Morgan fingerprint density at radius 3 is 2.83 bits per heavy atom. The van der Waals surface area contributed by atoms with Gasteiger partial charge in [-0.1, -0.05) is 6.07 Å². The van der Waals surface area contributed by atoms with E-state index in [4.69, 9.17) is 5.73 Å². The maximum Gasteiger partial charge on any atom is 0.165 e. The van der Waals surface area contributed by atoms with Crippen LogP contribution >= 0.6 is 0 Å². The van der Waals surface area contributed by atoms with Crippen LogP contribution in [0.25, 0.3) is 0 Å². The number of nitrogen functional groups attached to an aromatic ring is 1. The van der Waals surface area contributed by atoms with Gasteiger partial charge in [0, 0.05) is 17.7 Å². The fourth-order valence-corrected chi connectivity index (χ4v) is 1.80. The molecule has 0 saturated heterocycles. The highest BCUT2D eigenvalue weighted by Gasteiger charge is 2.21. The summed E-state index contributed by atoms with van der Waals surface area (Å²) >= 11 is 0. The molecule has 0 atom stereocenters. The molecule has 0 aromatic heterocycles. The molecule has 2 N–H and O–H groups in total. The number of aryl methyl sites for hydroxylation is 2. The zero-order valence-electron chi connectivity index (χ0n) is 7.05. The minimum absolute atomic E-state index is 0.197. The first-order chi connectivity index (χ1) is 5.68. The lowest BCUT2D eigenvalue weighted by Crippen LogP contribution is -1.99. The maximum atomic E-state index is 11.3. The summed E-state index contributed by atoms with van der Waals surface area (Å²) in [5, 5.41) is 0. The monoisotopic (exact) mass is 161 g/mol. The molecule has 1 aliphatic rings. The molecule has 0 saturated carbocycles. The van der Waals surface area contributed by atoms with Crippen LogP contribution in [0.15, 0.2) is 12.1 Å². The SMILES string of the molecule is Cc1cc(N)c2c(c1)CCC2=O. The number of ketones is 1. The molecule has 0 amide bonds.